The summed E-state index contributed by atoms with van der Waals surface area (Å²) in [5.41, 5.74) is 11.8. The molecule has 36 heavy (non-hydrogen) atoms. The number of rotatable bonds is 8. The van der Waals surface area contributed by atoms with Crippen LogP contribution in [0.3, 0.4) is 0 Å². The fourth-order valence-corrected chi connectivity index (χ4v) is 4.41. The van der Waals surface area contributed by atoms with Gasteiger partial charge in [0.05, 0.1) is 24.7 Å². The molecule has 0 saturated heterocycles. The molecule has 0 radical (unpaired) electrons. The molecule has 0 aliphatic rings. The lowest BCUT2D eigenvalue weighted by atomic mass is 10.1. The molecule has 7 nitrogen and oxygen atoms in total. The third kappa shape index (κ3) is 4.73. The number of amides is 1. The summed E-state index contributed by atoms with van der Waals surface area (Å²) in [6.07, 6.45) is 1.69. The van der Waals surface area contributed by atoms with Crippen molar-refractivity contribution in [1.29, 1.82) is 0 Å². The number of ether oxygens (including phenoxy) is 1. The number of methoxy groups -OCH3 is 1. The number of aromatic nitrogens is 3. The normalized spacial score (nSPS) is 12.1. The van der Waals surface area contributed by atoms with Crippen LogP contribution in [0.5, 0.6) is 5.75 Å². The van der Waals surface area contributed by atoms with Gasteiger partial charge in [0.25, 0.3) is 5.91 Å². The number of hydrogen-bond donors (Lipinski definition) is 2. The molecule has 5 rings (SSSR count). The second-order valence-corrected chi connectivity index (χ2v) is 8.98. The number of nitrogen functional groups attached to an aromatic ring is 1. The van der Waals surface area contributed by atoms with Gasteiger partial charge in [0, 0.05) is 6.04 Å². The van der Waals surface area contributed by atoms with Crippen molar-refractivity contribution in [2.24, 2.45) is 0 Å². The second-order valence-electron chi connectivity index (χ2n) is 8.98. The first kappa shape index (κ1) is 23.4. The van der Waals surface area contributed by atoms with Crippen LogP contribution in [0.4, 0.5) is 5.82 Å². The van der Waals surface area contributed by atoms with Crippen molar-refractivity contribution >= 4 is 33.9 Å². The minimum Gasteiger partial charge on any atom is -0.497 e. The topological polar surface area (TPSA) is 95.1 Å². The number of nitrogens with two attached hydrogens (primary N) is 1. The largest absolute Gasteiger partial charge is 0.497 e. The number of carbonyl (C=O) groups is 1. The lowest BCUT2D eigenvalue weighted by molar-refractivity contribution is 0.0940. The highest BCUT2D eigenvalue weighted by molar-refractivity contribution is 6.10. The molecule has 0 saturated carbocycles. The van der Waals surface area contributed by atoms with Gasteiger partial charge in [0.15, 0.2) is 5.65 Å². The van der Waals surface area contributed by atoms with E-state index in [1.807, 2.05) is 78.2 Å². The Morgan fingerprint density at radius 3 is 2.31 bits per heavy atom. The maximum atomic E-state index is 13.5. The summed E-state index contributed by atoms with van der Waals surface area (Å²) in [7, 11) is 1.64. The van der Waals surface area contributed by atoms with E-state index < -0.39 is 0 Å². The molecular formula is C29H29N5O2. The quantitative estimate of drug-likeness (QED) is 0.327. The van der Waals surface area contributed by atoms with Gasteiger partial charge in [-0.2, -0.15) is 0 Å². The van der Waals surface area contributed by atoms with E-state index in [1.165, 1.54) is 5.56 Å². The minimum absolute atomic E-state index is 0.0366. The van der Waals surface area contributed by atoms with Gasteiger partial charge in [-0.3, -0.25) is 4.79 Å². The van der Waals surface area contributed by atoms with E-state index in [2.05, 4.69) is 17.4 Å². The minimum atomic E-state index is -0.240. The van der Waals surface area contributed by atoms with E-state index >= 15 is 0 Å². The first-order valence-corrected chi connectivity index (χ1v) is 12.1. The Balaban J connectivity index is 1.49. The number of nitrogens with zero attached hydrogens (tertiary/aromatic N) is 3. The molecule has 1 amide bonds. The highest BCUT2D eigenvalue weighted by Gasteiger charge is 2.25. The van der Waals surface area contributed by atoms with Crippen LogP contribution in [-0.2, 0) is 13.0 Å². The molecular weight excluding hydrogens is 450 g/mol. The van der Waals surface area contributed by atoms with Gasteiger partial charge >= 0.3 is 0 Å². The molecule has 0 aliphatic heterocycles. The highest BCUT2D eigenvalue weighted by Crippen LogP contribution is 2.29. The third-order valence-electron chi connectivity index (χ3n) is 6.40. The fraction of sp³-hybridized carbons (Fsp3) is 0.207. The zero-order valence-electron chi connectivity index (χ0n) is 20.4. The predicted molar refractivity (Wildman–Crippen MR) is 143 cm³/mol. The van der Waals surface area contributed by atoms with E-state index in [0.29, 0.717) is 29.1 Å². The van der Waals surface area contributed by atoms with Crippen LogP contribution in [0.2, 0.25) is 0 Å². The molecule has 0 spiro atoms. The van der Waals surface area contributed by atoms with Crippen LogP contribution in [0, 0.1) is 0 Å². The van der Waals surface area contributed by atoms with E-state index in [1.54, 1.807) is 7.11 Å². The van der Waals surface area contributed by atoms with Gasteiger partial charge in [0.2, 0.25) is 0 Å². The average Bonchev–Trinajstić information content (AvgIpc) is 3.17. The Kier molecular flexibility index (Phi) is 6.54. The van der Waals surface area contributed by atoms with Crippen LogP contribution in [0.25, 0.3) is 22.2 Å². The van der Waals surface area contributed by atoms with Crippen LogP contribution in [0.15, 0.2) is 78.9 Å². The lowest BCUT2D eigenvalue weighted by Crippen LogP contribution is -2.33. The van der Waals surface area contributed by atoms with Crippen molar-refractivity contribution in [3.05, 3.63) is 95.6 Å². The maximum Gasteiger partial charge on any atom is 0.257 e. The molecule has 3 aromatic carbocycles. The third-order valence-corrected chi connectivity index (χ3v) is 6.40. The van der Waals surface area contributed by atoms with E-state index in [4.69, 9.17) is 20.4 Å². The number of anilines is 1. The predicted octanol–water partition coefficient (Wildman–Crippen LogP) is 4.97. The Morgan fingerprint density at radius 2 is 1.61 bits per heavy atom. The SMILES string of the molecule is COc1ccc(Cn2c(N)c(C(=O)N[C@@H](C)CCc3ccccc3)c3nc4ccccc4nc32)cc1. The van der Waals surface area contributed by atoms with Gasteiger partial charge in [-0.05, 0) is 55.2 Å². The monoisotopic (exact) mass is 479 g/mol. The molecule has 182 valence electrons. The zero-order valence-corrected chi connectivity index (χ0v) is 20.4. The smallest absolute Gasteiger partial charge is 0.257 e. The van der Waals surface area contributed by atoms with Crippen molar-refractivity contribution < 1.29 is 9.53 Å². The molecule has 0 unspecified atom stereocenters. The highest BCUT2D eigenvalue weighted by atomic mass is 16.5. The van der Waals surface area contributed by atoms with Crippen molar-refractivity contribution in [2.75, 3.05) is 12.8 Å². The van der Waals surface area contributed by atoms with Crippen LogP contribution in [0.1, 0.15) is 34.8 Å². The summed E-state index contributed by atoms with van der Waals surface area (Å²) in [6.45, 7) is 2.46. The molecule has 3 N–H and O–H groups in total. The molecule has 0 fully saturated rings. The zero-order chi connectivity index (χ0) is 25.1. The Hall–Kier alpha value is -4.39. The van der Waals surface area contributed by atoms with Gasteiger partial charge in [0.1, 0.15) is 22.6 Å². The van der Waals surface area contributed by atoms with Crippen molar-refractivity contribution in [3.63, 3.8) is 0 Å². The summed E-state index contributed by atoms with van der Waals surface area (Å²) >= 11 is 0. The maximum absolute atomic E-state index is 13.5. The number of hydrogen-bond acceptors (Lipinski definition) is 5. The first-order chi connectivity index (χ1) is 17.5. The molecule has 0 bridgehead atoms. The van der Waals surface area contributed by atoms with Crippen molar-refractivity contribution in [1.82, 2.24) is 19.9 Å². The molecule has 2 aromatic heterocycles. The number of carbonyl (C=O) groups excluding carboxylic acids is 1. The van der Waals surface area contributed by atoms with Gasteiger partial charge in [-0.25, -0.2) is 9.97 Å². The van der Waals surface area contributed by atoms with E-state index in [-0.39, 0.29) is 11.9 Å². The Labute approximate surface area is 209 Å². The Bertz CT molecular complexity index is 1510. The van der Waals surface area contributed by atoms with Crippen LogP contribution < -0.4 is 15.8 Å². The number of para-hydroxylation sites is 2. The number of aryl methyl sites for hydroxylation is 1. The number of benzene rings is 3. The van der Waals surface area contributed by atoms with Crippen LogP contribution >= 0.6 is 0 Å². The molecule has 7 heteroatoms. The summed E-state index contributed by atoms with van der Waals surface area (Å²) < 4.78 is 7.14. The van der Waals surface area contributed by atoms with Crippen molar-refractivity contribution in [3.8, 4) is 5.75 Å². The number of nitrogens with one attached hydrogen (secondary N) is 1. The van der Waals surface area contributed by atoms with Crippen LogP contribution in [-0.4, -0.2) is 33.6 Å². The second kappa shape index (κ2) is 10.1. The van der Waals surface area contributed by atoms with Crippen molar-refractivity contribution in [2.45, 2.75) is 32.4 Å². The average molecular weight is 480 g/mol. The van der Waals surface area contributed by atoms with Gasteiger partial charge in [-0.1, -0.05) is 54.6 Å². The standard InChI is InChI=1S/C29H29N5O2/c1-19(12-13-20-8-4-3-5-9-20)31-29(35)25-26-28(33-24-11-7-6-10-23(24)32-26)34(27(25)30)18-21-14-16-22(36-2)17-15-21/h3-11,14-17,19H,12-13,18,30H2,1-2H3,(H,31,35)/t19-/m0/s1. The summed E-state index contributed by atoms with van der Waals surface area (Å²) in [5, 5.41) is 3.12. The van der Waals surface area contributed by atoms with E-state index in [9.17, 15) is 4.79 Å². The summed E-state index contributed by atoms with van der Waals surface area (Å²) in [6, 6.07) is 25.6. The molecule has 1 atom stereocenters. The number of fused-ring (bicyclic) bond motifs is 2. The molecule has 5 aromatic rings. The van der Waals surface area contributed by atoms with Gasteiger partial charge < -0.3 is 20.4 Å². The summed E-state index contributed by atoms with van der Waals surface area (Å²) in [4.78, 5) is 23.1. The summed E-state index contributed by atoms with van der Waals surface area (Å²) in [5.74, 6) is 0.888. The van der Waals surface area contributed by atoms with Gasteiger partial charge in [-0.15, -0.1) is 0 Å². The molecule has 0 aliphatic carbocycles. The molecule has 2 heterocycles. The fourth-order valence-electron chi connectivity index (χ4n) is 4.41. The first-order valence-electron chi connectivity index (χ1n) is 12.1. The van der Waals surface area contributed by atoms with E-state index in [0.717, 1.165) is 35.2 Å². The lowest BCUT2D eigenvalue weighted by Gasteiger charge is -2.14. The Morgan fingerprint density at radius 1 is 0.944 bits per heavy atom.